The summed E-state index contributed by atoms with van der Waals surface area (Å²) < 4.78 is 27.1. The average molecular weight is 346 g/mol. The SMILES string of the molecule is CCN(c1ccc(C(=O)NCCc2c(F)cccc2F)cc1)C(C)C. The van der Waals surface area contributed by atoms with Gasteiger partial charge < -0.3 is 10.2 Å². The molecule has 1 N–H and O–H groups in total. The molecule has 0 fully saturated rings. The number of nitrogens with zero attached hydrogens (tertiary/aromatic N) is 1. The summed E-state index contributed by atoms with van der Waals surface area (Å²) in [5, 5.41) is 2.70. The van der Waals surface area contributed by atoms with Crippen molar-refractivity contribution in [3.63, 3.8) is 0 Å². The molecule has 25 heavy (non-hydrogen) atoms. The second-order valence-corrected chi connectivity index (χ2v) is 6.13. The van der Waals surface area contributed by atoms with Crippen molar-refractivity contribution < 1.29 is 13.6 Å². The first-order valence-corrected chi connectivity index (χ1v) is 8.51. The molecule has 2 aromatic rings. The van der Waals surface area contributed by atoms with Gasteiger partial charge in [-0.1, -0.05) is 6.07 Å². The van der Waals surface area contributed by atoms with Crippen molar-refractivity contribution >= 4 is 11.6 Å². The van der Waals surface area contributed by atoms with Gasteiger partial charge in [0.1, 0.15) is 11.6 Å². The second-order valence-electron chi connectivity index (χ2n) is 6.13. The summed E-state index contributed by atoms with van der Waals surface area (Å²) in [7, 11) is 0. The van der Waals surface area contributed by atoms with Gasteiger partial charge in [-0.2, -0.15) is 0 Å². The molecule has 0 unspecified atom stereocenters. The van der Waals surface area contributed by atoms with E-state index in [1.54, 1.807) is 12.1 Å². The van der Waals surface area contributed by atoms with Gasteiger partial charge in [0.05, 0.1) is 0 Å². The van der Waals surface area contributed by atoms with Gasteiger partial charge in [0.25, 0.3) is 5.91 Å². The van der Waals surface area contributed by atoms with Crippen LogP contribution in [0.1, 0.15) is 36.7 Å². The number of halogens is 2. The van der Waals surface area contributed by atoms with E-state index in [0.717, 1.165) is 12.2 Å². The first-order valence-electron chi connectivity index (χ1n) is 8.51. The van der Waals surface area contributed by atoms with Crippen LogP contribution in [0.4, 0.5) is 14.5 Å². The van der Waals surface area contributed by atoms with E-state index in [2.05, 4.69) is 31.0 Å². The third-order valence-corrected chi connectivity index (χ3v) is 4.15. The molecule has 134 valence electrons. The summed E-state index contributed by atoms with van der Waals surface area (Å²) in [5.74, 6) is -1.44. The zero-order chi connectivity index (χ0) is 18.4. The van der Waals surface area contributed by atoms with Crippen molar-refractivity contribution in [2.24, 2.45) is 0 Å². The van der Waals surface area contributed by atoms with Crippen LogP contribution >= 0.6 is 0 Å². The number of anilines is 1. The van der Waals surface area contributed by atoms with Crippen molar-refractivity contribution in [1.82, 2.24) is 5.32 Å². The Hall–Kier alpha value is -2.43. The molecule has 5 heteroatoms. The van der Waals surface area contributed by atoms with Gasteiger partial charge in [-0.05, 0) is 63.6 Å². The fraction of sp³-hybridized carbons (Fsp3) is 0.350. The summed E-state index contributed by atoms with van der Waals surface area (Å²) in [4.78, 5) is 14.4. The molecule has 0 aliphatic rings. The van der Waals surface area contributed by atoms with Crippen molar-refractivity contribution in [3.8, 4) is 0 Å². The highest BCUT2D eigenvalue weighted by Crippen LogP contribution is 2.18. The predicted molar refractivity (Wildman–Crippen MR) is 97.0 cm³/mol. The summed E-state index contributed by atoms with van der Waals surface area (Å²) in [6, 6.07) is 11.5. The molecule has 0 atom stereocenters. The Balaban J connectivity index is 1.95. The topological polar surface area (TPSA) is 32.3 Å². The number of carbonyl (C=O) groups excluding carboxylic acids is 1. The molecule has 2 aromatic carbocycles. The average Bonchev–Trinajstić information content (AvgIpc) is 2.58. The maximum absolute atomic E-state index is 13.6. The lowest BCUT2D eigenvalue weighted by atomic mass is 10.1. The fourth-order valence-corrected chi connectivity index (χ4v) is 2.82. The number of nitrogens with one attached hydrogen (secondary N) is 1. The van der Waals surface area contributed by atoms with Crippen molar-refractivity contribution in [3.05, 3.63) is 65.2 Å². The minimum Gasteiger partial charge on any atom is -0.369 e. The molecule has 2 rings (SSSR count). The number of benzene rings is 2. The smallest absolute Gasteiger partial charge is 0.251 e. The standard InChI is InChI=1S/C20H24F2N2O/c1-4-24(14(2)3)16-10-8-15(9-11-16)20(25)23-13-12-17-18(21)6-5-7-19(17)22/h5-11,14H,4,12-13H2,1-3H3,(H,23,25). The largest absolute Gasteiger partial charge is 0.369 e. The lowest BCUT2D eigenvalue weighted by Gasteiger charge is -2.27. The molecule has 0 heterocycles. The van der Waals surface area contributed by atoms with Gasteiger partial charge in [0, 0.05) is 35.9 Å². The number of hydrogen-bond donors (Lipinski definition) is 1. The van der Waals surface area contributed by atoms with Gasteiger partial charge in [0.2, 0.25) is 0 Å². The number of rotatable bonds is 7. The maximum Gasteiger partial charge on any atom is 0.251 e. The van der Waals surface area contributed by atoms with Crippen LogP contribution in [-0.4, -0.2) is 25.0 Å². The normalized spacial score (nSPS) is 10.8. The highest BCUT2D eigenvalue weighted by molar-refractivity contribution is 5.94. The van der Waals surface area contributed by atoms with E-state index in [1.165, 1.54) is 18.2 Å². The van der Waals surface area contributed by atoms with Crippen molar-refractivity contribution in [2.75, 3.05) is 18.0 Å². The first kappa shape index (κ1) is 18.9. The zero-order valence-corrected chi connectivity index (χ0v) is 14.9. The van der Waals surface area contributed by atoms with E-state index < -0.39 is 11.6 Å². The first-order chi connectivity index (χ1) is 11.9. The van der Waals surface area contributed by atoms with Crippen LogP contribution in [0, 0.1) is 11.6 Å². The van der Waals surface area contributed by atoms with Gasteiger partial charge in [-0.25, -0.2) is 8.78 Å². The Morgan fingerprint density at radius 1 is 1.08 bits per heavy atom. The zero-order valence-electron chi connectivity index (χ0n) is 14.9. The van der Waals surface area contributed by atoms with Gasteiger partial charge >= 0.3 is 0 Å². The van der Waals surface area contributed by atoms with Gasteiger partial charge in [-0.15, -0.1) is 0 Å². The van der Waals surface area contributed by atoms with E-state index in [9.17, 15) is 13.6 Å². The Bertz CT molecular complexity index is 694. The molecule has 3 nitrogen and oxygen atoms in total. The van der Waals surface area contributed by atoms with Crippen molar-refractivity contribution in [1.29, 1.82) is 0 Å². The molecule has 0 saturated carbocycles. The van der Waals surface area contributed by atoms with Crippen LogP contribution in [0.2, 0.25) is 0 Å². The molecule has 0 saturated heterocycles. The van der Waals surface area contributed by atoms with Crippen LogP contribution in [0.5, 0.6) is 0 Å². The molecule has 0 aromatic heterocycles. The van der Waals surface area contributed by atoms with E-state index in [-0.39, 0.29) is 24.4 Å². The summed E-state index contributed by atoms with van der Waals surface area (Å²) >= 11 is 0. The van der Waals surface area contributed by atoms with E-state index in [0.29, 0.717) is 11.6 Å². The molecule has 0 aliphatic carbocycles. The highest BCUT2D eigenvalue weighted by atomic mass is 19.1. The van der Waals surface area contributed by atoms with Crippen LogP contribution in [0.15, 0.2) is 42.5 Å². The molecule has 1 amide bonds. The monoisotopic (exact) mass is 346 g/mol. The van der Waals surface area contributed by atoms with Crippen LogP contribution < -0.4 is 10.2 Å². The lowest BCUT2D eigenvalue weighted by molar-refractivity contribution is 0.0954. The van der Waals surface area contributed by atoms with E-state index in [1.807, 2.05) is 12.1 Å². The molecule has 0 aliphatic heterocycles. The van der Waals surface area contributed by atoms with Crippen LogP contribution in [0.25, 0.3) is 0 Å². The maximum atomic E-state index is 13.6. The van der Waals surface area contributed by atoms with E-state index >= 15 is 0 Å². The van der Waals surface area contributed by atoms with Gasteiger partial charge in [-0.3, -0.25) is 4.79 Å². The number of hydrogen-bond acceptors (Lipinski definition) is 2. The van der Waals surface area contributed by atoms with Gasteiger partial charge in [0.15, 0.2) is 0 Å². The third-order valence-electron chi connectivity index (χ3n) is 4.15. The van der Waals surface area contributed by atoms with E-state index in [4.69, 9.17) is 0 Å². The lowest BCUT2D eigenvalue weighted by Crippen LogP contribution is -2.30. The number of carbonyl (C=O) groups is 1. The molecule has 0 radical (unpaired) electrons. The molecule has 0 bridgehead atoms. The molecular weight excluding hydrogens is 322 g/mol. The Labute approximate surface area is 147 Å². The highest BCUT2D eigenvalue weighted by Gasteiger charge is 2.11. The van der Waals surface area contributed by atoms with Crippen LogP contribution in [0.3, 0.4) is 0 Å². The summed E-state index contributed by atoms with van der Waals surface area (Å²) in [6.07, 6.45) is 0.110. The Kier molecular flexibility index (Phi) is 6.51. The quantitative estimate of drug-likeness (QED) is 0.816. The second kappa shape index (κ2) is 8.60. The third kappa shape index (κ3) is 4.78. The van der Waals surface area contributed by atoms with Crippen molar-refractivity contribution in [2.45, 2.75) is 33.2 Å². The molecular formula is C20H24F2N2O. The summed E-state index contributed by atoms with van der Waals surface area (Å²) in [5.41, 5.74) is 1.58. The Morgan fingerprint density at radius 3 is 2.20 bits per heavy atom. The minimum absolute atomic E-state index is 0.00586. The predicted octanol–water partition coefficient (Wildman–Crippen LogP) is 4.17. The number of amides is 1. The fourth-order valence-electron chi connectivity index (χ4n) is 2.82. The minimum atomic E-state index is -0.591. The Morgan fingerprint density at radius 2 is 1.68 bits per heavy atom. The molecule has 0 spiro atoms. The summed E-state index contributed by atoms with van der Waals surface area (Å²) in [6.45, 7) is 7.38. The van der Waals surface area contributed by atoms with Crippen LogP contribution in [-0.2, 0) is 6.42 Å².